The van der Waals surface area contributed by atoms with Gasteiger partial charge < -0.3 is 10.5 Å². The second-order valence-corrected chi connectivity index (χ2v) is 6.65. The molecule has 0 aromatic heterocycles. The monoisotopic (exact) mass is 300 g/mol. The number of sulfonamides is 1. The Morgan fingerprint density at radius 3 is 2.65 bits per heavy atom. The smallest absolute Gasteiger partial charge is 0.240 e. The van der Waals surface area contributed by atoms with E-state index in [1.807, 2.05) is 26.0 Å². The van der Waals surface area contributed by atoms with Crippen molar-refractivity contribution in [3.05, 3.63) is 29.3 Å². The molecular formula is C14H24N2O3S. The molecule has 1 unspecified atom stereocenters. The van der Waals surface area contributed by atoms with Crippen LogP contribution in [0.5, 0.6) is 0 Å². The van der Waals surface area contributed by atoms with Gasteiger partial charge in [0.2, 0.25) is 10.0 Å². The van der Waals surface area contributed by atoms with Crippen LogP contribution in [0.25, 0.3) is 0 Å². The summed E-state index contributed by atoms with van der Waals surface area (Å²) in [7, 11) is -1.91. The zero-order chi connectivity index (χ0) is 15.2. The van der Waals surface area contributed by atoms with Crippen LogP contribution in [0.4, 0.5) is 0 Å². The minimum absolute atomic E-state index is 0.123. The van der Waals surface area contributed by atoms with Crippen molar-refractivity contribution >= 4 is 10.0 Å². The second kappa shape index (κ2) is 7.73. The number of aryl methyl sites for hydroxylation is 1. The maximum Gasteiger partial charge on any atom is 0.240 e. The zero-order valence-corrected chi connectivity index (χ0v) is 13.2. The lowest BCUT2D eigenvalue weighted by Gasteiger charge is -2.14. The Kier molecular flexibility index (Phi) is 6.61. The normalized spacial score (nSPS) is 13.4. The van der Waals surface area contributed by atoms with Crippen LogP contribution >= 0.6 is 0 Å². The molecule has 0 amide bonds. The minimum atomic E-state index is -3.51. The summed E-state index contributed by atoms with van der Waals surface area (Å²) in [6.07, 6.45) is 0.661. The molecule has 1 aromatic rings. The van der Waals surface area contributed by atoms with Crippen molar-refractivity contribution in [2.24, 2.45) is 11.7 Å². The van der Waals surface area contributed by atoms with Gasteiger partial charge >= 0.3 is 0 Å². The van der Waals surface area contributed by atoms with Crippen LogP contribution in [0.2, 0.25) is 0 Å². The molecule has 0 heterocycles. The molecule has 0 aliphatic carbocycles. The van der Waals surface area contributed by atoms with E-state index in [2.05, 4.69) is 4.72 Å². The molecule has 0 spiro atoms. The van der Waals surface area contributed by atoms with Crippen LogP contribution < -0.4 is 10.5 Å². The van der Waals surface area contributed by atoms with Crippen molar-refractivity contribution in [3.8, 4) is 0 Å². The first-order valence-electron chi connectivity index (χ1n) is 6.75. The van der Waals surface area contributed by atoms with Gasteiger partial charge in [0, 0.05) is 26.8 Å². The van der Waals surface area contributed by atoms with Crippen molar-refractivity contribution in [1.29, 1.82) is 0 Å². The summed E-state index contributed by atoms with van der Waals surface area (Å²) in [5.74, 6) is 0.123. The maximum absolute atomic E-state index is 12.4. The van der Waals surface area contributed by atoms with Crippen molar-refractivity contribution < 1.29 is 13.2 Å². The molecule has 5 nitrogen and oxygen atoms in total. The summed E-state index contributed by atoms with van der Waals surface area (Å²) in [5, 5.41) is 0. The molecule has 1 atom stereocenters. The first kappa shape index (κ1) is 17.1. The average Bonchev–Trinajstić information content (AvgIpc) is 2.45. The standard InChI is InChI=1S/C14H24N2O3S/c1-4-13-6-5-12(8-15)7-14(13)20(17,18)16-9-11(2)10-19-3/h5-7,11,16H,4,8-10,15H2,1-3H3. The van der Waals surface area contributed by atoms with Crippen LogP contribution in [0.3, 0.4) is 0 Å². The Balaban J connectivity index is 2.96. The van der Waals surface area contributed by atoms with Crippen LogP contribution in [-0.4, -0.2) is 28.7 Å². The number of ether oxygens (including phenoxy) is 1. The average molecular weight is 300 g/mol. The van der Waals surface area contributed by atoms with Gasteiger partial charge in [0.25, 0.3) is 0 Å². The molecule has 0 aliphatic heterocycles. The Hall–Kier alpha value is -0.950. The summed E-state index contributed by atoms with van der Waals surface area (Å²) >= 11 is 0. The molecular weight excluding hydrogens is 276 g/mol. The summed E-state index contributed by atoms with van der Waals surface area (Å²) < 4.78 is 32.4. The fourth-order valence-electron chi connectivity index (χ4n) is 1.94. The van der Waals surface area contributed by atoms with E-state index in [-0.39, 0.29) is 5.92 Å². The van der Waals surface area contributed by atoms with Crippen molar-refractivity contribution in [2.45, 2.75) is 31.7 Å². The number of hydrogen-bond donors (Lipinski definition) is 2. The number of benzene rings is 1. The van der Waals surface area contributed by atoms with Gasteiger partial charge in [0.05, 0.1) is 4.90 Å². The topological polar surface area (TPSA) is 81.4 Å². The van der Waals surface area contributed by atoms with E-state index < -0.39 is 10.0 Å². The SMILES string of the molecule is CCc1ccc(CN)cc1S(=O)(=O)NCC(C)COC. The van der Waals surface area contributed by atoms with Crippen molar-refractivity contribution in [2.75, 3.05) is 20.3 Å². The molecule has 3 N–H and O–H groups in total. The fraction of sp³-hybridized carbons (Fsp3) is 0.571. The summed E-state index contributed by atoms with van der Waals surface area (Å²) in [6.45, 7) is 5.07. The second-order valence-electron chi connectivity index (χ2n) is 4.91. The zero-order valence-electron chi connectivity index (χ0n) is 12.3. The van der Waals surface area contributed by atoms with Gasteiger partial charge in [-0.15, -0.1) is 0 Å². The van der Waals surface area contributed by atoms with Crippen LogP contribution in [0.1, 0.15) is 25.0 Å². The molecule has 0 saturated heterocycles. The molecule has 6 heteroatoms. The number of nitrogens with one attached hydrogen (secondary N) is 1. The quantitative estimate of drug-likeness (QED) is 0.757. The molecule has 1 aromatic carbocycles. The lowest BCUT2D eigenvalue weighted by Crippen LogP contribution is -2.30. The molecule has 0 radical (unpaired) electrons. The first-order valence-corrected chi connectivity index (χ1v) is 8.23. The molecule has 1 rings (SSSR count). The predicted octanol–water partition coefficient (Wildman–Crippen LogP) is 1.27. The van der Waals surface area contributed by atoms with Gasteiger partial charge in [0.15, 0.2) is 0 Å². The van der Waals surface area contributed by atoms with Gasteiger partial charge in [-0.25, -0.2) is 13.1 Å². The fourth-order valence-corrected chi connectivity index (χ4v) is 3.46. The van der Waals surface area contributed by atoms with Gasteiger partial charge in [0.1, 0.15) is 0 Å². The lowest BCUT2D eigenvalue weighted by molar-refractivity contribution is 0.161. The van der Waals surface area contributed by atoms with Crippen molar-refractivity contribution in [1.82, 2.24) is 4.72 Å². The molecule has 20 heavy (non-hydrogen) atoms. The number of methoxy groups -OCH3 is 1. The summed E-state index contributed by atoms with van der Waals surface area (Å²) in [5.41, 5.74) is 7.20. The van der Waals surface area contributed by atoms with Crippen molar-refractivity contribution in [3.63, 3.8) is 0 Å². The van der Waals surface area contributed by atoms with Crippen LogP contribution in [-0.2, 0) is 27.7 Å². The third-order valence-corrected chi connectivity index (χ3v) is 4.62. The molecule has 0 fully saturated rings. The maximum atomic E-state index is 12.4. The summed E-state index contributed by atoms with van der Waals surface area (Å²) in [6, 6.07) is 5.35. The largest absolute Gasteiger partial charge is 0.384 e. The van der Waals surface area contributed by atoms with E-state index >= 15 is 0 Å². The molecule has 0 saturated carbocycles. The van der Waals surface area contributed by atoms with E-state index in [4.69, 9.17) is 10.5 Å². The van der Waals surface area contributed by atoms with E-state index in [0.717, 1.165) is 11.1 Å². The Morgan fingerprint density at radius 2 is 2.10 bits per heavy atom. The van der Waals surface area contributed by atoms with Crippen LogP contribution in [0, 0.1) is 5.92 Å². The minimum Gasteiger partial charge on any atom is -0.384 e. The highest BCUT2D eigenvalue weighted by Crippen LogP contribution is 2.18. The van der Waals surface area contributed by atoms with E-state index in [9.17, 15) is 8.42 Å². The summed E-state index contributed by atoms with van der Waals surface area (Å²) in [4.78, 5) is 0.326. The number of rotatable bonds is 8. The molecule has 0 aliphatic rings. The Morgan fingerprint density at radius 1 is 1.40 bits per heavy atom. The van der Waals surface area contributed by atoms with Gasteiger partial charge in [-0.1, -0.05) is 26.0 Å². The lowest BCUT2D eigenvalue weighted by atomic mass is 10.1. The third kappa shape index (κ3) is 4.56. The first-order chi connectivity index (χ1) is 9.44. The number of hydrogen-bond acceptors (Lipinski definition) is 4. The predicted molar refractivity (Wildman–Crippen MR) is 79.9 cm³/mol. The highest BCUT2D eigenvalue weighted by atomic mass is 32.2. The number of nitrogens with two attached hydrogens (primary N) is 1. The van der Waals surface area contributed by atoms with Gasteiger partial charge in [-0.3, -0.25) is 0 Å². The van der Waals surface area contributed by atoms with E-state index in [0.29, 0.717) is 31.0 Å². The third-order valence-electron chi connectivity index (χ3n) is 3.11. The van der Waals surface area contributed by atoms with Crippen LogP contribution in [0.15, 0.2) is 23.1 Å². The molecule has 0 bridgehead atoms. The Bertz CT molecular complexity index is 529. The highest BCUT2D eigenvalue weighted by Gasteiger charge is 2.19. The molecule has 114 valence electrons. The van der Waals surface area contributed by atoms with E-state index in [1.165, 1.54) is 0 Å². The van der Waals surface area contributed by atoms with Gasteiger partial charge in [-0.05, 0) is 29.5 Å². The highest BCUT2D eigenvalue weighted by molar-refractivity contribution is 7.89. The van der Waals surface area contributed by atoms with Gasteiger partial charge in [-0.2, -0.15) is 0 Å². The van der Waals surface area contributed by atoms with E-state index in [1.54, 1.807) is 13.2 Å². The Labute approximate surface area is 121 Å².